The van der Waals surface area contributed by atoms with Gasteiger partial charge < -0.3 is 30.5 Å². The normalized spacial score (nSPS) is 14.8. The largest absolute Gasteiger partial charge is 0.573 e. The number of ether oxygens (including phenoxy) is 1. The van der Waals surface area contributed by atoms with E-state index in [1.165, 1.54) is 54.6 Å². The fraction of sp³-hybridized carbons (Fsp3) is 0.286. The van der Waals surface area contributed by atoms with Gasteiger partial charge in [0.1, 0.15) is 5.75 Å². The van der Waals surface area contributed by atoms with Gasteiger partial charge in [-0.15, -0.1) is 13.2 Å². The van der Waals surface area contributed by atoms with Crippen LogP contribution in [0, 0.1) is 0 Å². The summed E-state index contributed by atoms with van der Waals surface area (Å²) in [5.41, 5.74) is -3.92. The van der Waals surface area contributed by atoms with Crippen molar-refractivity contribution in [1.82, 2.24) is 5.32 Å². The molecule has 3 rings (SSSR count). The Labute approximate surface area is 244 Å². The Morgan fingerprint density at radius 3 is 2.00 bits per heavy atom. The average Bonchev–Trinajstić information content (AvgIpc) is 2.93. The lowest BCUT2D eigenvalue weighted by molar-refractivity contribution is -0.274. The number of hydrogen-bond donors (Lipinski definition) is 5. The SMILES string of the molecule is O=C(NC[C@@H](O)C(=O)O)c1ccc(C(O)C(CC(O)c2cccc(SC(F)(F)F)c2)c2ccc(OC(F)(F)F)cc2)cc1. The zero-order chi connectivity index (χ0) is 31.9. The molecular weight excluding hydrogens is 608 g/mol. The summed E-state index contributed by atoms with van der Waals surface area (Å²) in [6.07, 6.45) is -9.85. The van der Waals surface area contributed by atoms with Crippen LogP contribution in [0.2, 0.25) is 0 Å². The molecule has 0 aliphatic heterocycles. The number of amides is 1. The van der Waals surface area contributed by atoms with Gasteiger partial charge in [-0.3, -0.25) is 4.79 Å². The highest BCUT2D eigenvalue weighted by molar-refractivity contribution is 8.00. The van der Waals surface area contributed by atoms with E-state index in [1.54, 1.807) is 0 Å². The number of carboxylic acid groups (broad SMARTS) is 1. The van der Waals surface area contributed by atoms with Gasteiger partial charge >= 0.3 is 17.8 Å². The van der Waals surface area contributed by atoms with E-state index in [4.69, 9.17) is 5.11 Å². The highest BCUT2D eigenvalue weighted by atomic mass is 32.2. The smallest absolute Gasteiger partial charge is 0.479 e. The van der Waals surface area contributed by atoms with E-state index < -0.39 is 60.3 Å². The number of carbonyl (C=O) groups excluding carboxylic acids is 1. The Morgan fingerprint density at radius 1 is 0.837 bits per heavy atom. The van der Waals surface area contributed by atoms with Crippen LogP contribution in [0.3, 0.4) is 0 Å². The van der Waals surface area contributed by atoms with Gasteiger partial charge in [-0.25, -0.2) is 4.79 Å². The summed E-state index contributed by atoms with van der Waals surface area (Å²) < 4.78 is 80.3. The number of carboxylic acids is 1. The molecule has 8 nitrogen and oxygen atoms in total. The fourth-order valence-corrected chi connectivity index (χ4v) is 4.71. The lowest BCUT2D eigenvalue weighted by Crippen LogP contribution is -2.36. The lowest BCUT2D eigenvalue weighted by atomic mass is 9.83. The zero-order valence-corrected chi connectivity index (χ0v) is 22.7. The second-order valence-corrected chi connectivity index (χ2v) is 10.4. The number of aliphatic hydroxyl groups is 3. The maximum absolute atomic E-state index is 12.9. The maximum atomic E-state index is 12.9. The molecule has 3 aromatic carbocycles. The van der Waals surface area contributed by atoms with Gasteiger partial charge in [-0.2, -0.15) is 13.2 Å². The molecular formula is C28H25F6NO7S. The first-order chi connectivity index (χ1) is 20.0. The minimum atomic E-state index is -4.95. The predicted molar refractivity (Wildman–Crippen MR) is 141 cm³/mol. The Kier molecular flexibility index (Phi) is 11.1. The number of rotatable bonds is 12. The summed E-state index contributed by atoms with van der Waals surface area (Å²) in [7, 11) is 0. The van der Waals surface area contributed by atoms with Gasteiger partial charge in [0.2, 0.25) is 0 Å². The molecule has 3 unspecified atom stereocenters. The van der Waals surface area contributed by atoms with E-state index in [-0.39, 0.29) is 45.3 Å². The molecule has 0 saturated carbocycles. The number of carbonyl (C=O) groups is 2. The van der Waals surface area contributed by atoms with Crippen LogP contribution in [0.5, 0.6) is 5.75 Å². The Balaban J connectivity index is 1.87. The zero-order valence-electron chi connectivity index (χ0n) is 21.8. The van der Waals surface area contributed by atoms with Crippen LogP contribution in [0.4, 0.5) is 26.3 Å². The molecule has 43 heavy (non-hydrogen) atoms. The van der Waals surface area contributed by atoms with Gasteiger partial charge in [0.05, 0.1) is 18.8 Å². The standard InChI is InChI=1S/C28H25F6NO7S/c29-27(30,31)42-19-10-8-15(9-11-19)21(13-22(36)18-2-1-3-20(12-18)43-28(32,33)34)24(38)16-4-6-17(7-5-16)25(39)35-14-23(37)26(40)41/h1-12,21-24,36-38H,13-14H2,(H,35,39)(H,40,41)/t21?,22?,23-,24?/m1/s1. The van der Waals surface area contributed by atoms with E-state index in [9.17, 15) is 51.3 Å². The molecule has 0 spiro atoms. The fourth-order valence-electron chi connectivity index (χ4n) is 4.10. The van der Waals surface area contributed by atoms with E-state index in [0.29, 0.717) is 0 Å². The van der Waals surface area contributed by atoms with Crippen LogP contribution in [-0.4, -0.2) is 56.8 Å². The third-order valence-electron chi connectivity index (χ3n) is 6.13. The van der Waals surface area contributed by atoms with Crippen molar-refractivity contribution in [1.29, 1.82) is 0 Å². The Morgan fingerprint density at radius 2 is 1.44 bits per heavy atom. The summed E-state index contributed by atoms with van der Waals surface area (Å²) in [6.45, 7) is -0.560. The van der Waals surface area contributed by atoms with Crippen molar-refractivity contribution >= 4 is 23.6 Å². The Hall–Kier alpha value is -3.79. The molecule has 0 saturated heterocycles. The Bertz CT molecular complexity index is 1380. The predicted octanol–water partition coefficient (Wildman–Crippen LogP) is 5.31. The van der Waals surface area contributed by atoms with Crippen molar-refractivity contribution in [3.63, 3.8) is 0 Å². The van der Waals surface area contributed by atoms with Crippen molar-refractivity contribution in [2.45, 2.75) is 47.4 Å². The molecule has 0 aromatic heterocycles. The lowest BCUT2D eigenvalue weighted by Gasteiger charge is -2.27. The minimum absolute atomic E-state index is 0.0535. The first-order valence-electron chi connectivity index (χ1n) is 12.4. The molecule has 1 amide bonds. The molecule has 4 atom stereocenters. The van der Waals surface area contributed by atoms with Crippen LogP contribution in [-0.2, 0) is 4.79 Å². The van der Waals surface area contributed by atoms with Crippen molar-refractivity contribution < 1.29 is 61.1 Å². The van der Waals surface area contributed by atoms with E-state index in [0.717, 1.165) is 18.2 Å². The second kappa shape index (κ2) is 14.1. The molecule has 0 fully saturated rings. The molecule has 5 N–H and O–H groups in total. The number of hydrogen-bond acceptors (Lipinski definition) is 7. The van der Waals surface area contributed by atoms with Gasteiger partial charge in [-0.05, 0) is 71.3 Å². The van der Waals surface area contributed by atoms with Crippen molar-refractivity contribution in [2.24, 2.45) is 0 Å². The molecule has 0 radical (unpaired) electrons. The second-order valence-electron chi connectivity index (χ2n) is 9.23. The first-order valence-corrected chi connectivity index (χ1v) is 13.2. The molecule has 0 aliphatic rings. The summed E-state index contributed by atoms with van der Waals surface area (Å²) in [5, 5.41) is 42.5. The summed E-state index contributed by atoms with van der Waals surface area (Å²) in [5.74, 6) is -3.79. The third-order valence-corrected chi connectivity index (χ3v) is 6.85. The quantitative estimate of drug-likeness (QED) is 0.134. The van der Waals surface area contributed by atoms with Gasteiger partial charge in [0, 0.05) is 16.4 Å². The van der Waals surface area contributed by atoms with E-state index in [2.05, 4.69) is 10.1 Å². The monoisotopic (exact) mass is 633 g/mol. The molecule has 0 bridgehead atoms. The summed E-state index contributed by atoms with van der Waals surface area (Å²) >= 11 is -0.375. The summed E-state index contributed by atoms with van der Waals surface area (Å²) in [4.78, 5) is 22.8. The number of benzene rings is 3. The van der Waals surface area contributed by atoms with Crippen molar-refractivity contribution in [3.8, 4) is 5.75 Å². The van der Waals surface area contributed by atoms with E-state index in [1.807, 2.05) is 0 Å². The van der Waals surface area contributed by atoms with Gasteiger partial charge in [0.25, 0.3) is 5.91 Å². The highest BCUT2D eigenvalue weighted by Gasteiger charge is 2.32. The van der Waals surface area contributed by atoms with Crippen LogP contribution >= 0.6 is 11.8 Å². The number of aliphatic hydroxyl groups excluding tert-OH is 3. The molecule has 0 heterocycles. The van der Waals surface area contributed by atoms with Crippen LogP contribution in [0.25, 0.3) is 0 Å². The van der Waals surface area contributed by atoms with Crippen LogP contribution in [0.1, 0.15) is 51.6 Å². The molecule has 3 aromatic rings. The topological polar surface area (TPSA) is 136 Å². The number of thioether (sulfide) groups is 1. The van der Waals surface area contributed by atoms with Gasteiger partial charge in [-0.1, -0.05) is 36.4 Å². The average molecular weight is 634 g/mol. The number of halogens is 6. The summed E-state index contributed by atoms with van der Waals surface area (Å²) in [6, 6.07) is 14.9. The first kappa shape index (κ1) is 33.7. The number of alkyl halides is 6. The third kappa shape index (κ3) is 10.5. The van der Waals surface area contributed by atoms with Crippen molar-refractivity contribution in [2.75, 3.05) is 6.54 Å². The molecule has 0 aliphatic carbocycles. The van der Waals surface area contributed by atoms with E-state index >= 15 is 0 Å². The van der Waals surface area contributed by atoms with Crippen molar-refractivity contribution in [3.05, 3.63) is 95.1 Å². The highest BCUT2D eigenvalue weighted by Crippen LogP contribution is 2.41. The molecule has 232 valence electrons. The van der Waals surface area contributed by atoms with Crippen LogP contribution in [0.15, 0.2) is 77.7 Å². The van der Waals surface area contributed by atoms with Crippen LogP contribution < -0.4 is 10.1 Å². The maximum Gasteiger partial charge on any atom is 0.573 e. The van der Waals surface area contributed by atoms with Gasteiger partial charge in [0.15, 0.2) is 6.10 Å². The minimum Gasteiger partial charge on any atom is -0.479 e. The number of aliphatic carboxylic acids is 1. The molecule has 15 heteroatoms. The number of nitrogens with one attached hydrogen (secondary N) is 1.